The van der Waals surface area contributed by atoms with E-state index in [1.165, 1.54) is 6.42 Å². The van der Waals surface area contributed by atoms with E-state index in [0.29, 0.717) is 18.1 Å². The fraction of sp³-hybridized carbons (Fsp3) is 1.00. The maximum absolute atomic E-state index is 5.79. The monoisotopic (exact) mass is 201 g/mol. The Kier molecular flexibility index (Phi) is 8.20. The summed E-state index contributed by atoms with van der Waals surface area (Å²) < 4.78 is 5.79. The predicted octanol–water partition coefficient (Wildman–Crippen LogP) is 2.83. The molecule has 0 saturated heterocycles. The molecule has 0 fully saturated rings. The van der Waals surface area contributed by atoms with Crippen LogP contribution in [0.2, 0.25) is 0 Å². The Balaban J connectivity index is 3.72. The summed E-state index contributed by atoms with van der Waals surface area (Å²) in [5.74, 6) is 0.626. The van der Waals surface area contributed by atoms with Gasteiger partial charge < -0.3 is 10.1 Å². The summed E-state index contributed by atoms with van der Waals surface area (Å²) in [5.41, 5.74) is 0. The molecule has 0 aliphatic heterocycles. The lowest BCUT2D eigenvalue weighted by molar-refractivity contribution is 0.0225. The van der Waals surface area contributed by atoms with Gasteiger partial charge in [-0.15, -0.1) is 0 Å². The molecule has 2 unspecified atom stereocenters. The summed E-state index contributed by atoms with van der Waals surface area (Å²) in [6.07, 6.45) is 2.65. The highest BCUT2D eigenvalue weighted by atomic mass is 16.5. The quantitative estimate of drug-likeness (QED) is 0.652. The Bertz CT molecular complexity index is 125. The minimum absolute atomic E-state index is 0.328. The maximum atomic E-state index is 5.79. The van der Waals surface area contributed by atoms with Crippen LogP contribution in [0.25, 0.3) is 0 Å². The van der Waals surface area contributed by atoms with Crippen LogP contribution in [0.3, 0.4) is 0 Å². The van der Waals surface area contributed by atoms with Crippen LogP contribution < -0.4 is 5.32 Å². The van der Waals surface area contributed by atoms with Crippen molar-refractivity contribution in [2.24, 2.45) is 5.92 Å². The summed E-state index contributed by atoms with van der Waals surface area (Å²) in [6, 6.07) is 0.508. The van der Waals surface area contributed by atoms with Crippen molar-refractivity contribution >= 4 is 0 Å². The zero-order valence-corrected chi connectivity index (χ0v) is 10.5. The highest BCUT2D eigenvalue weighted by Gasteiger charge is 2.14. The van der Waals surface area contributed by atoms with Gasteiger partial charge in [0, 0.05) is 12.6 Å². The van der Waals surface area contributed by atoms with Crippen molar-refractivity contribution in [3.63, 3.8) is 0 Å². The first-order valence-electron chi connectivity index (χ1n) is 5.96. The molecule has 0 aliphatic carbocycles. The van der Waals surface area contributed by atoms with Gasteiger partial charge in [-0.3, -0.25) is 0 Å². The van der Waals surface area contributed by atoms with Crippen LogP contribution in [0.1, 0.15) is 47.5 Å². The average molecular weight is 201 g/mol. The molecule has 0 aromatic carbocycles. The van der Waals surface area contributed by atoms with Gasteiger partial charge in [0.05, 0.1) is 6.10 Å². The summed E-state index contributed by atoms with van der Waals surface area (Å²) in [6.45, 7) is 12.9. The summed E-state index contributed by atoms with van der Waals surface area (Å²) >= 11 is 0. The highest BCUT2D eigenvalue weighted by molar-refractivity contribution is 4.71. The molecule has 2 nitrogen and oxygen atoms in total. The minimum Gasteiger partial charge on any atom is -0.377 e. The van der Waals surface area contributed by atoms with E-state index in [1.54, 1.807) is 0 Å². The largest absolute Gasteiger partial charge is 0.377 e. The first-order chi connectivity index (χ1) is 6.61. The lowest BCUT2D eigenvalue weighted by Crippen LogP contribution is -2.40. The molecular weight excluding hydrogens is 174 g/mol. The SMILES string of the molecule is CCCNC(CC)C(C)OCC(C)C. The molecular formula is C12H27NO. The summed E-state index contributed by atoms with van der Waals surface area (Å²) in [5, 5.41) is 3.52. The van der Waals surface area contributed by atoms with Gasteiger partial charge >= 0.3 is 0 Å². The molecule has 2 heteroatoms. The predicted molar refractivity (Wildman–Crippen MR) is 62.6 cm³/mol. The number of hydrogen-bond donors (Lipinski definition) is 1. The third-order valence-corrected chi connectivity index (χ3v) is 2.36. The Morgan fingerprint density at radius 3 is 2.21 bits per heavy atom. The van der Waals surface area contributed by atoms with Crippen molar-refractivity contribution in [2.45, 2.75) is 59.6 Å². The van der Waals surface area contributed by atoms with Crippen molar-refractivity contribution in [2.75, 3.05) is 13.2 Å². The van der Waals surface area contributed by atoms with Gasteiger partial charge in [0.2, 0.25) is 0 Å². The van der Waals surface area contributed by atoms with Gasteiger partial charge in [0.25, 0.3) is 0 Å². The number of hydrogen-bond acceptors (Lipinski definition) is 2. The lowest BCUT2D eigenvalue weighted by atomic mass is 10.1. The third-order valence-electron chi connectivity index (χ3n) is 2.36. The second kappa shape index (κ2) is 8.25. The van der Waals surface area contributed by atoms with Gasteiger partial charge in [-0.25, -0.2) is 0 Å². The van der Waals surface area contributed by atoms with E-state index >= 15 is 0 Å². The molecule has 0 heterocycles. The smallest absolute Gasteiger partial charge is 0.0699 e. The number of ether oxygens (including phenoxy) is 1. The summed E-state index contributed by atoms with van der Waals surface area (Å²) in [7, 11) is 0. The van der Waals surface area contributed by atoms with Crippen LogP contribution in [-0.4, -0.2) is 25.3 Å². The molecule has 0 amide bonds. The van der Waals surface area contributed by atoms with Crippen LogP contribution in [0.4, 0.5) is 0 Å². The third kappa shape index (κ3) is 6.39. The fourth-order valence-corrected chi connectivity index (χ4v) is 1.43. The molecule has 1 N–H and O–H groups in total. The first kappa shape index (κ1) is 13.9. The Hall–Kier alpha value is -0.0800. The normalized spacial score (nSPS) is 15.9. The second-order valence-corrected chi connectivity index (χ2v) is 4.40. The Labute approximate surface area is 89.4 Å². The molecule has 0 bridgehead atoms. The molecule has 0 aliphatic rings. The number of rotatable bonds is 8. The van der Waals surface area contributed by atoms with E-state index in [9.17, 15) is 0 Å². The van der Waals surface area contributed by atoms with E-state index in [1.807, 2.05) is 0 Å². The highest BCUT2D eigenvalue weighted by Crippen LogP contribution is 2.05. The van der Waals surface area contributed by atoms with Crippen molar-refractivity contribution in [1.82, 2.24) is 5.32 Å². The molecule has 0 spiro atoms. The molecule has 0 aromatic heterocycles. The van der Waals surface area contributed by atoms with Crippen molar-refractivity contribution < 1.29 is 4.74 Å². The van der Waals surface area contributed by atoms with Crippen LogP contribution >= 0.6 is 0 Å². The molecule has 2 atom stereocenters. The van der Waals surface area contributed by atoms with Crippen LogP contribution in [0, 0.1) is 5.92 Å². The Morgan fingerprint density at radius 1 is 1.14 bits per heavy atom. The van der Waals surface area contributed by atoms with Gasteiger partial charge in [-0.1, -0.05) is 27.7 Å². The molecule has 0 radical (unpaired) electrons. The van der Waals surface area contributed by atoms with Gasteiger partial charge in [0.1, 0.15) is 0 Å². The minimum atomic E-state index is 0.328. The van der Waals surface area contributed by atoms with Gasteiger partial charge in [0.15, 0.2) is 0 Å². The molecule has 0 aromatic rings. The average Bonchev–Trinajstić information content (AvgIpc) is 2.16. The first-order valence-corrected chi connectivity index (χ1v) is 5.96. The molecule has 0 saturated carbocycles. The van der Waals surface area contributed by atoms with Crippen molar-refractivity contribution in [3.8, 4) is 0 Å². The van der Waals surface area contributed by atoms with Crippen LogP contribution in [0.5, 0.6) is 0 Å². The van der Waals surface area contributed by atoms with Crippen molar-refractivity contribution in [3.05, 3.63) is 0 Å². The molecule has 86 valence electrons. The fourth-order valence-electron chi connectivity index (χ4n) is 1.43. The lowest BCUT2D eigenvalue weighted by Gasteiger charge is -2.25. The van der Waals surface area contributed by atoms with Gasteiger partial charge in [-0.2, -0.15) is 0 Å². The Morgan fingerprint density at radius 2 is 1.79 bits per heavy atom. The van der Waals surface area contributed by atoms with Gasteiger partial charge in [-0.05, 0) is 32.2 Å². The topological polar surface area (TPSA) is 21.3 Å². The van der Waals surface area contributed by atoms with Crippen molar-refractivity contribution in [1.29, 1.82) is 0 Å². The second-order valence-electron chi connectivity index (χ2n) is 4.40. The van der Waals surface area contributed by atoms with Crippen LogP contribution in [-0.2, 0) is 4.74 Å². The number of nitrogens with one attached hydrogen (secondary N) is 1. The van der Waals surface area contributed by atoms with E-state index in [2.05, 4.69) is 39.9 Å². The van der Waals surface area contributed by atoms with E-state index in [-0.39, 0.29) is 0 Å². The van der Waals surface area contributed by atoms with Crippen LogP contribution in [0.15, 0.2) is 0 Å². The summed E-state index contributed by atoms with van der Waals surface area (Å²) in [4.78, 5) is 0. The van der Waals surface area contributed by atoms with E-state index in [4.69, 9.17) is 4.74 Å². The zero-order chi connectivity index (χ0) is 11.0. The van der Waals surface area contributed by atoms with E-state index < -0.39 is 0 Å². The zero-order valence-electron chi connectivity index (χ0n) is 10.5. The standard InChI is InChI=1S/C12H27NO/c1-6-8-13-12(7-2)11(5)14-9-10(3)4/h10-13H,6-9H2,1-5H3. The molecule has 0 rings (SSSR count). The maximum Gasteiger partial charge on any atom is 0.0699 e. The van der Waals surface area contributed by atoms with E-state index in [0.717, 1.165) is 19.6 Å². The molecule has 14 heavy (non-hydrogen) atoms.